The van der Waals surface area contributed by atoms with E-state index in [4.69, 9.17) is 15.7 Å². The highest BCUT2D eigenvalue weighted by Gasteiger charge is 2.27. The number of anilines is 1. The van der Waals surface area contributed by atoms with E-state index in [2.05, 4.69) is 14.6 Å². The van der Waals surface area contributed by atoms with Crippen molar-refractivity contribution in [3.05, 3.63) is 24.3 Å². The van der Waals surface area contributed by atoms with Gasteiger partial charge < -0.3 is 15.7 Å². The van der Waals surface area contributed by atoms with Crippen molar-refractivity contribution in [1.82, 2.24) is 4.72 Å². The number of nitrogens with one attached hydrogen (secondary N) is 2. The SMILES string of the molecule is N/C(COc1ccccc1NS(=O)(=O)NC1CC1)=N/O. The molecule has 0 aromatic heterocycles. The molecule has 0 amide bonds. The Hall–Kier alpha value is -2.00. The molecule has 1 saturated carbocycles. The van der Waals surface area contributed by atoms with Gasteiger partial charge in [-0.1, -0.05) is 17.3 Å². The van der Waals surface area contributed by atoms with Crippen molar-refractivity contribution >= 4 is 21.7 Å². The molecule has 20 heavy (non-hydrogen) atoms. The lowest BCUT2D eigenvalue weighted by Gasteiger charge is -2.13. The Morgan fingerprint density at radius 3 is 2.80 bits per heavy atom. The molecule has 1 aromatic carbocycles. The topological polar surface area (TPSA) is 126 Å². The highest BCUT2D eigenvalue weighted by molar-refractivity contribution is 7.90. The Morgan fingerprint density at radius 2 is 2.15 bits per heavy atom. The van der Waals surface area contributed by atoms with Crippen molar-refractivity contribution in [2.24, 2.45) is 10.9 Å². The molecule has 0 saturated heterocycles. The second-order valence-electron chi connectivity index (χ2n) is 4.37. The average Bonchev–Trinajstić information content (AvgIpc) is 3.20. The Labute approximate surface area is 116 Å². The average molecular weight is 300 g/mol. The van der Waals surface area contributed by atoms with Gasteiger partial charge in [-0.2, -0.15) is 13.1 Å². The fourth-order valence-electron chi connectivity index (χ4n) is 1.45. The van der Waals surface area contributed by atoms with Crippen molar-refractivity contribution < 1.29 is 18.4 Å². The number of rotatable bonds is 7. The molecule has 5 N–H and O–H groups in total. The molecule has 0 bridgehead atoms. The summed E-state index contributed by atoms with van der Waals surface area (Å²) in [6, 6.07) is 6.52. The standard InChI is InChI=1S/C11H16N4O4S/c12-11(13-16)7-19-10-4-2-1-3-9(10)15-20(17,18)14-8-5-6-8/h1-4,8,14-16H,5-7H2,(H2,12,13). The van der Waals surface area contributed by atoms with Crippen LogP contribution in [-0.4, -0.2) is 32.1 Å². The number of hydrogen-bond donors (Lipinski definition) is 4. The van der Waals surface area contributed by atoms with Crippen LogP contribution in [0.25, 0.3) is 0 Å². The molecule has 0 aliphatic heterocycles. The third-order valence-corrected chi connectivity index (χ3v) is 3.67. The van der Waals surface area contributed by atoms with E-state index in [1.165, 1.54) is 0 Å². The number of para-hydroxylation sites is 2. The van der Waals surface area contributed by atoms with Gasteiger partial charge >= 0.3 is 0 Å². The van der Waals surface area contributed by atoms with E-state index < -0.39 is 10.2 Å². The van der Waals surface area contributed by atoms with Gasteiger partial charge in [-0.3, -0.25) is 4.72 Å². The van der Waals surface area contributed by atoms with Crippen molar-refractivity contribution in [3.63, 3.8) is 0 Å². The van der Waals surface area contributed by atoms with Gasteiger partial charge in [0.1, 0.15) is 12.4 Å². The maximum absolute atomic E-state index is 11.8. The van der Waals surface area contributed by atoms with Crippen LogP contribution in [-0.2, 0) is 10.2 Å². The van der Waals surface area contributed by atoms with E-state index in [1.807, 2.05) is 0 Å². The molecule has 8 nitrogen and oxygen atoms in total. The fourth-order valence-corrected chi connectivity index (χ4v) is 2.64. The first-order chi connectivity index (χ1) is 9.50. The summed E-state index contributed by atoms with van der Waals surface area (Å²) in [6.07, 6.45) is 1.70. The summed E-state index contributed by atoms with van der Waals surface area (Å²) in [5, 5.41) is 11.2. The van der Waals surface area contributed by atoms with Crippen molar-refractivity contribution in [2.45, 2.75) is 18.9 Å². The van der Waals surface area contributed by atoms with E-state index in [0.717, 1.165) is 12.8 Å². The molecule has 2 rings (SSSR count). The van der Waals surface area contributed by atoms with Crippen LogP contribution in [0.2, 0.25) is 0 Å². The lowest BCUT2D eigenvalue weighted by atomic mass is 10.3. The second kappa shape index (κ2) is 5.97. The number of benzene rings is 1. The second-order valence-corrected chi connectivity index (χ2v) is 5.82. The van der Waals surface area contributed by atoms with Gasteiger partial charge in [0.05, 0.1) is 5.69 Å². The molecule has 0 radical (unpaired) electrons. The Balaban J connectivity index is 2.06. The van der Waals surface area contributed by atoms with Crippen LogP contribution in [0.15, 0.2) is 29.4 Å². The van der Waals surface area contributed by atoms with Gasteiger partial charge in [-0.25, -0.2) is 0 Å². The predicted molar refractivity (Wildman–Crippen MR) is 74.0 cm³/mol. The van der Waals surface area contributed by atoms with Crippen LogP contribution < -0.4 is 19.9 Å². The van der Waals surface area contributed by atoms with Gasteiger partial charge in [0.15, 0.2) is 5.84 Å². The molecule has 1 aliphatic rings. The minimum Gasteiger partial charge on any atom is -0.483 e. The summed E-state index contributed by atoms with van der Waals surface area (Å²) < 4.78 is 33.8. The smallest absolute Gasteiger partial charge is 0.299 e. The van der Waals surface area contributed by atoms with E-state index in [-0.39, 0.29) is 24.2 Å². The summed E-state index contributed by atoms with van der Waals surface area (Å²) in [4.78, 5) is 0. The van der Waals surface area contributed by atoms with Gasteiger partial charge in [0, 0.05) is 6.04 Å². The highest BCUT2D eigenvalue weighted by atomic mass is 32.2. The van der Waals surface area contributed by atoms with E-state index in [0.29, 0.717) is 5.75 Å². The van der Waals surface area contributed by atoms with Crippen molar-refractivity contribution in [3.8, 4) is 5.75 Å². The molecular weight excluding hydrogens is 284 g/mol. The molecule has 0 spiro atoms. The Kier molecular flexibility index (Phi) is 4.30. The number of amidine groups is 1. The Morgan fingerprint density at radius 1 is 1.45 bits per heavy atom. The first-order valence-electron chi connectivity index (χ1n) is 5.98. The molecule has 110 valence electrons. The van der Waals surface area contributed by atoms with Crippen molar-refractivity contribution in [2.75, 3.05) is 11.3 Å². The molecule has 0 atom stereocenters. The first-order valence-corrected chi connectivity index (χ1v) is 7.47. The fraction of sp³-hybridized carbons (Fsp3) is 0.364. The van der Waals surface area contributed by atoms with Gasteiger partial charge in [0.2, 0.25) is 0 Å². The molecule has 0 heterocycles. The summed E-state index contributed by atoms with van der Waals surface area (Å²) in [5.74, 6) is 0.180. The minimum atomic E-state index is -3.63. The molecule has 1 aromatic rings. The van der Waals surface area contributed by atoms with Gasteiger partial charge in [0.25, 0.3) is 10.2 Å². The zero-order valence-corrected chi connectivity index (χ0v) is 11.4. The number of oxime groups is 1. The van der Waals surface area contributed by atoms with Crippen LogP contribution in [0.1, 0.15) is 12.8 Å². The number of nitrogens with zero attached hydrogens (tertiary/aromatic N) is 1. The molecule has 1 fully saturated rings. The third-order valence-electron chi connectivity index (χ3n) is 2.53. The van der Waals surface area contributed by atoms with Crippen LogP contribution >= 0.6 is 0 Å². The molecule has 1 aliphatic carbocycles. The van der Waals surface area contributed by atoms with Crippen LogP contribution in [0.4, 0.5) is 5.69 Å². The van der Waals surface area contributed by atoms with E-state index in [1.54, 1.807) is 24.3 Å². The van der Waals surface area contributed by atoms with E-state index in [9.17, 15) is 8.42 Å². The number of ether oxygens (including phenoxy) is 1. The van der Waals surface area contributed by atoms with Crippen molar-refractivity contribution in [1.29, 1.82) is 0 Å². The van der Waals surface area contributed by atoms with Gasteiger partial charge in [-0.15, -0.1) is 0 Å². The summed E-state index contributed by atoms with van der Waals surface area (Å²) in [6.45, 7) is -0.148. The van der Waals surface area contributed by atoms with Crippen LogP contribution in [0, 0.1) is 0 Å². The summed E-state index contributed by atoms with van der Waals surface area (Å²) in [5.41, 5.74) is 5.58. The highest BCUT2D eigenvalue weighted by Crippen LogP contribution is 2.26. The van der Waals surface area contributed by atoms with Crippen LogP contribution in [0.3, 0.4) is 0 Å². The van der Waals surface area contributed by atoms with Gasteiger partial charge in [-0.05, 0) is 25.0 Å². The summed E-state index contributed by atoms with van der Waals surface area (Å²) >= 11 is 0. The van der Waals surface area contributed by atoms with Crippen LogP contribution in [0.5, 0.6) is 5.75 Å². The lowest BCUT2D eigenvalue weighted by molar-refractivity contribution is 0.306. The first kappa shape index (κ1) is 14.4. The summed E-state index contributed by atoms with van der Waals surface area (Å²) in [7, 11) is -3.63. The zero-order valence-electron chi connectivity index (χ0n) is 10.6. The third kappa shape index (κ3) is 4.28. The lowest BCUT2D eigenvalue weighted by Crippen LogP contribution is -2.32. The predicted octanol–water partition coefficient (Wildman–Crippen LogP) is 0.220. The normalized spacial score (nSPS) is 15.9. The number of nitrogens with two attached hydrogens (primary N) is 1. The maximum Gasteiger partial charge on any atom is 0.299 e. The minimum absolute atomic E-state index is 0.0118. The maximum atomic E-state index is 11.8. The van der Waals surface area contributed by atoms with E-state index >= 15 is 0 Å². The number of hydrogen-bond acceptors (Lipinski definition) is 5. The Bertz CT molecular complexity index is 598. The largest absolute Gasteiger partial charge is 0.483 e. The molecule has 0 unspecified atom stereocenters. The zero-order chi connectivity index (χ0) is 14.6. The molecule has 9 heteroatoms. The quantitative estimate of drug-likeness (QED) is 0.248. The monoisotopic (exact) mass is 300 g/mol. The molecular formula is C11H16N4O4S.